The number of methoxy groups -OCH3 is 1. The van der Waals surface area contributed by atoms with Crippen molar-refractivity contribution in [2.24, 2.45) is 24.3 Å². The van der Waals surface area contributed by atoms with Gasteiger partial charge in [-0.05, 0) is 96.4 Å². The smallest absolute Gasteiger partial charge is 0.165 e. The molecule has 0 aliphatic heterocycles. The van der Waals surface area contributed by atoms with E-state index in [-0.39, 0.29) is 5.41 Å². The first-order valence-electron chi connectivity index (χ1n) is 12.5. The number of carbonyl (C=O) groups is 1. The van der Waals surface area contributed by atoms with Crippen LogP contribution in [0.1, 0.15) is 55.3 Å². The Kier molecular flexibility index (Phi) is 5.02. The zero-order chi connectivity index (χ0) is 23.4. The van der Waals surface area contributed by atoms with Gasteiger partial charge in [-0.3, -0.25) is 9.48 Å². The molecule has 0 unspecified atom stereocenters. The van der Waals surface area contributed by atoms with Gasteiger partial charge in [0, 0.05) is 12.5 Å². The lowest BCUT2D eigenvalue weighted by atomic mass is 9.55. The largest absolute Gasteiger partial charge is 0.497 e. The van der Waals surface area contributed by atoms with Crippen LogP contribution >= 0.6 is 0 Å². The Morgan fingerprint density at radius 1 is 1.12 bits per heavy atom. The summed E-state index contributed by atoms with van der Waals surface area (Å²) in [5, 5.41) is 4.73. The van der Waals surface area contributed by atoms with Crippen molar-refractivity contribution in [2.45, 2.75) is 44.9 Å². The second-order valence-corrected chi connectivity index (χ2v) is 10.6. The van der Waals surface area contributed by atoms with E-state index in [1.807, 2.05) is 29.9 Å². The lowest BCUT2D eigenvalue weighted by Gasteiger charge is -2.48. The van der Waals surface area contributed by atoms with Crippen molar-refractivity contribution in [3.8, 4) is 17.0 Å². The van der Waals surface area contributed by atoms with E-state index in [1.54, 1.807) is 7.11 Å². The molecule has 0 radical (unpaired) electrons. The Labute approximate surface area is 201 Å². The first kappa shape index (κ1) is 21.4. The van der Waals surface area contributed by atoms with Crippen molar-refractivity contribution < 1.29 is 9.53 Å². The van der Waals surface area contributed by atoms with E-state index in [1.165, 1.54) is 11.1 Å². The number of fused-ring (bicyclic) bond motifs is 5. The molecule has 6 rings (SSSR count). The van der Waals surface area contributed by atoms with Gasteiger partial charge in [-0.25, -0.2) is 0 Å². The topological polar surface area (TPSA) is 44.1 Å². The number of ketones is 1. The van der Waals surface area contributed by atoms with Crippen LogP contribution in [0, 0.1) is 17.3 Å². The van der Waals surface area contributed by atoms with Gasteiger partial charge in [0.15, 0.2) is 5.78 Å². The van der Waals surface area contributed by atoms with Crippen LogP contribution in [0.5, 0.6) is 5.75 Å². The van der Waals surface area contributed by atoms with Crippen LogP contribution in [0.2, 0.25) is 0 Å². The summed E-state index contributed by atoms with van der Waals surface area (Å²) in [4.78, 5) is 13.7. The van der Waals surface area contributed by atoms with E-state index in [4.69, 9.17) is 9.84 Å². The summed E-state index contributed by atoms with van der Waals surface area (Å²) in [5.41, 5.74) is 6.73. The van der Waals surface area contributed by atoms with Crippen LogP contribution in [0.15, 0.2) is 60.2 Å². The first-order chi connectivity index (χ1) is 16.5. The summed E-state index contributed by atoms with van der Waals surface area (Å²) in [6, 6.07) is 19.0. The van der Waals surface area contributed by atoms with Gasteiger partial charge < -0.3 is 4.74 Å². The molecule has 1 aromatic heterocycles. The number of hydrogen-bond donors (Lipinski definition) is 0. The molecule has 0 N–H and O–H groups in total. The predicted octanol–water partition coefficient (Wildman–Crippen LogP) is 6.21. The van der Waals surface area contributed by atoms with Gasteiger partial charge in [0.25, 0.3) is 0 Å². The standard InChI is InChI=1S/C30H32N2O2/c1-30-14-13-25-24-12-10-23(34-3)16-20(24)9-11-26(25)27(30)17-21(29(30)33)15-22-18-28(32(2)31-22)19-7-5-4-6-8-19/h4-8,10,12,15-16,18,25-27H,9,11,13-14,17H2,1-3H3/b21-15+/t25-,26-,27-,30-/m0/s1. The van der Waals surface area contributed by atoms with Crippen LogP contribution < -0.4 is 4.74 Å². The molecule has 2 saturated carbocycles. The van der Waals surface area contributed by atoms with Crippen molar-refractivity contribution in [3.05, 3.63) is 77.0 Å². The summed E-state index contributed by atoms with van der Waals surface area (Å²) in [6.07, 6.45) is 7.24. The molecule has 3 aromatic rings. The molecule has 2 fully saturated rings. The minimum absolute atomic E-state index is 0.242. The van der Waals surface area contributed by atoms with Crippen molar-refractivity contribution >= 4 is 11.9 Å². The second-order valence-electron chi connectivity index (χ2n) is 10.6. The van der Waals surface area contributed by atoms with Crippen LogP contribution in [0.25, 0.3) is 17.3 Å². The van der Waals surface area contributed by atoms with Gasteiger partial charge in [-0.15, -0.1) is 0 Å². The summed E-state index contributed by atoms with van der Waals surface area (Å²) >= 11 is 0. The average molecular weight is 453 g/mol. The molecular formula is C30H32N2O2. The fourth-order valence-corrected chi connectivity index (χ4v) is 7.10. The maximum Gasteiger partial charge on any atom is 0.165 e. The Morgan fingerprint density at radius 3 is 2.74 bits per heavy atom. The Morgan fingerprint density at radius 2 is 1.94 bits per heavy atom. The molecule has 3 aliphatic carbocycles. The van der Waals surface area contributed by atoms with Crippen molar-refractivity contribution in [2.75, 3.05) is 7.11 Å². The highest BCUT2D eigenvalue weighted by molar-refractivity contribution is 6.05. The Balaban J connectivity index is 1.31. The average Bonchev–Trinajstić information content (AvgIpc) is 3.35. The van der Waals surface area contributed by atoms with Crippen molar-refractivity contribution in [1.82, 2.24) is 9.78 Å². The Bertz CT molecular complexity index is 1290. The zero-order valence-corrected chi connectivity index (χ0v) is 20.3. The fourth-order valence-electron chi connectivity index (χ4n) is 7.10. The molecule has 0 spiro atoms. The minimum Gasteiger partial charge on any atom is -0.497 e. The van der Waals surface area contributed by atoms with E-state index >= 15 is 0 Å². The third-order valence-electron chi connectivity index (χ3n) is 8.86. The number of ether oxygens (including phenoxy) is 1. The van der Waals surface area contributed by atoms with E-state index < -0.39 is 0 Å². The summed E-state index contributed by atoms with van der Waals surface area (Å²) < 4.78 is 7.38. The van der Waals surface area contributed by atoms with Gasteiger partial charge in [0.05, 0.1) is 18.5 Å². The molecule has 2 aromatic carbocycles. The quantitative estimate of drug-likeness (QED) is 0.444. The van der Waals surface area contributed by atoms with Crippen LogP contribution in [0.3, 0.4) is 0 Å². The second kappa shape index (κ2) is 7.97. The lowest BCUT2D eigenvalue weighted by Crippen LogP contribution is -2.42. The number of allylic oxidation sites excluding steroid dienone is 1. The van der Waals surface area contributed by atoms with Gasteiger partial charge in [-0.2, -0.15) is 5.10 Å². The number of aromatic nitrogens is 2. The third-order valence-corrected chi connectivity index (χ3v) is 8.86. The van der Waals surface area contributed by atoms with Gasteiger partial charge in [-0.1, -0.05) is 43.3 Å². The van der Waals surface area contributed by atoms with Gasteiger partial charge in [0.1, 0.15) is 5.75 Å². The molecule has 4 atom stereocenters. The molecule has 0 saturated heterocycles. The highest BCUT2D eigenvalue weighted by Gasteiger charge is 2.56. The van der Waals surface area contributed by atoms with E-state index in [2.05, 4.69) is 49.4 Å². The molecule has 4 nitrogen and oxygen atoms in total. The van der Waals surface area contributed by atoms with E-state index in [0.717, 1.165) is 60.4 Å². The molecule has 4 heteroatoms. The number of hydrogen-bond acceptors (Lipinski definition) is 3. The zero-order valence-electron chi connectivity index (χ0n) is 20.3. The van der Waals surface area contributed by atoms with Crippen molar-refractivity contribution in [3.63, 3.8) is 0 Å². The molecule has 34 heavy (non-hydrogen) atoms. The van der Waals surface area contributed by atoms with E-state index in [9.17, 15) is 4.79 Å². The van der Waals surface area contributed by atoms with Crippen LogP contribution in [-0.4, -0.2) is 22.7 Å². The highest BCUT2D eigenvalue weighted by atomic mass is 16.5. The molecule has 1 heterocycles. The number of carbonyl (C=O) groups excluding carboxylic acids is 1. The maximum absolute atomic E-state index is 13.7. The van der Waals surface area contributed by atoms with Crippen molar-refractivity contribution in [1.29, 1.82) is 0 Å². The van der Waals surface area contributed by atoms with E-state index in [0.29, 0.717) is 23.5 Å². The first-order valence-corrected chi connectivity index (χ1v) is 12.5. The number of aryl methyl sites for hydroxylation is 2. The summed E-state index contributed by atoms with van der Waals surface area (Å²) in [5.74, 6) is 2.84. The normalized spacial score (nSPS) is 29.0. The number of rotatable bonds is 3. The maximum atomic E-state index is 13.7. The molecule has 0 amide bonds. The van der Waals surface area contributed by atoms with Gasteiger partial charge in [0.2, 0.25) is 0 Å². The minimum atomic E-state index is -0.242. The monoisotopic (exact) mass is 452 g/mol. The van der Waals surface area contributed by atoms with Crippen LogP contribution in [0.4, 0.5) is 0 Å². The highest BCUT2D eigenvalue weighted by Crippen LogP contribution is 2.60. The SMILES string of the molecule is COc1ccc2c(c1)CC[C@H]1[C@H]2CC[C@]2(C)C(=O)/C(=C/c3cc(-c4ccccc4)n(C)n3)C[C@@H]12. The molecular weight excluding hydrogens is 420 g/mol. The molecule has 174 valence electrons. The summed E-state index contributed by atoms with van der Waals surface area (Å²) in [6.45, 7) is 2.23. The fraction of sp³-hybridized carbons (Fsp3) is 0.400. The predicted molar refractivity (Wildman–Crippen MR) is 135 cm³/mol. The third kappa shape index (κ3) is 3.26. The van der Waals surface area contributed by atoms with Crippen LogP contribution in [-0.2, 0) is 18.3 Å². The van der Waals surface area contributed by atoms with Gasteiger partial charge >= 0.3 is 0 Å². The number of Topliss-reactive ketones (excluding diaryl/α,β-unsaturated/α-hetero) is 1. The lowest BCUT2D eigenvalue weighted by molar-refractivity contribution is -0.127. The Hall–Kier alpha value is -3.14. The number of benzene rings is 2. The number of nitrogens with zero attached hydrogens (tertiary/aromatic N) is 2. The molecule has 0 bridgehead atoms. The summed E-state index contributed by atoms with van der Waals surface area (Å²) in [7, 11) is 3.71. The molecule has 3 aliphatic rings.